The Bertz CT molecular complexity index is 665. The minimum atomic E-state index is -1.03. The van der Waals surface area contributed by atoms with Crippen molar-refractivity contribution in [3.05, 3.63) is 59.4 Å². The molecular formula is C16H16N2O3. The quantitative estimate of drug-likeness (QED) is 0.893. The van der Waals surface area contributed by atoms with Crippen LogP contribution < -0.4 is 5.32 Å². The fourth-order valence-corrected chi connectivity index (χ4v) is 2.84. The number of carboxylic acid groups (broad SMARTS) is 1. The molecule has 5 heteroatoms. The van der Waals surface area contributed by atoms with E-state index >= 15 is 0 Å². The molecule has 0 saturated heterocycles. The Kier molecular flexibility index (Phi) is 3.48. The van der Waals surface area contributed by atoms with Crippen molar-refractivity contribution in [2.24, 2.45) is 0 Å². The number of carboxylic acids is 1. The molecule has 0 spiro atoms. The van der Waals surface area contributed by atoms with Crippen molar-refractivity contribution in [1.82, 2.24) is 9.88 Å². The summed E-state index contributed by atoms with van der Waals surface area (Å²) in [5.41, 5.74) is 2.67. The third-order valence-electron chi connectivity index (χ3n) is 3.78. The summed E-state index contributed by atoms with van der Waals surface area (Å²) in [6.07, 6.45) is 3.27. The number of aromatic carboxylic acids is 1. The lowest BCUT2D eigenvalue weighted by atomic mass is 10.1. The molecule has 5 nitrogen and oxygen atoms in total. The van der Waals surface area contributed by atoms with Gasteiger partial charge in [0.05, 0.1) is 0 Å². The molecule has 0 aliphatic heterocycles. The molecule has 0 radical (unpaired) electrons. The summed E-state index contributed by atoms with van der Waals surface area (Å²) in [5, 5.41) is 12.0. The number of fused-ring (bicyclic) bond motifs is 1. The van der Waals surface area contributed by atoms with Crippen molar-refractivity contribution in [2.75, 3.05) is 0 Å². The molecule has 2 aromatic rings. The summed E-state index contributed by atoms with van der Waals surface area (Å²) in [4.78, 5) is 23.1. The molecule has 0 saturated carbocycles. The number of nitrogens with one attached hydrogen (secondary N) is 1. The highest BCUT2D eigenvalue weighted by molar-refractivity contribution is 5.87. The van der Waals surface area contributed by atoms with Gasteiger partial charge < -0.3 is 15.0 Å². The first kappa shape index (κ1) is 13.4. The van der Waals surface area contributed by atoms with Crippen LogP contribution >= 0.6 is 0 Å². The van der Waals surface area contributed by atoms with E-state index in [4.69, 9.17) is 5.11 Å². The molecule has 1 amide bonds. The molecule has 1 heterocycles. The fraction of sp³-hybridized carbons (Fsp3) is 0.250. The third-order valence-corrected chi connectivity index (χ3v) is 3.78. The molecule has 2 N–H and O–H groups in total. The largest absolute Gasteiger partial charge is 0.477 e. The van der Waals surface area contributed by atoms with Gasteiger partial charge in [0.1, 0.15) is 12.2 Å². The normalized spacial score (nSPS) is 13.9. The van der Waals surface area contributed by atoms with Crippen LogP contribution in [-0.4, -0.2) is 27.6 Å². The zero-order chi connectivity index (χ0) is 14.8. The maximum atomic E-state index is 12.1. The number of carbonyl (C=O) groups is 2. The first-order valence-corrected chi connectivity index (χ1v) is 6.88. The highest BCUT2D eigenvalue weighted by atomic mass is 16.4. The predicted octanol–water partition coefficient (Wildman–Crippen LogP) is 1.47. The second kappa shape index (κ2) is 5.44. The van der Waals surface area contributed by atoms with Gasteiger partial charge in [0.15, 0.2) is 0 Å². The van der Waals surface area contributed by atoms with Crippen molar-refractivity contribution in [2.45, 2.75) is 25.4 Å². The minimum absolute atomic E-state index is 0.0292. The first-order chi connectivity index (χ1) is 10.1. The van der Waals surface area contributed by atoms with E-state index in [0.29, 0.717) is 0 Å². The van der Waals surface area contributed by atoms with Crippen LogP contribution in [0.4, 0.5) is 0 Å². The molecule has 1 aliphatic carbocycles. The van der Waals surface area contributed by atoms with Gasteiger partial charge in [-0.05, 0) is 36.1 Å². The van der Waals surface area contributed by atoms with Crippen LogP contribution in [0, 0.1) is 0 Å². The fourth-order valence-electron chi connectivity index (χ4n) is 2.84. The monoisotopic (exact) mass is 284 g/mol. The van der Waals surface area contributed by atoms with E-state index in [1.807, 2.05) is 12.1 Å². The zero-order valence-corrected chi connectivity index (χ0v) is 11.5. The average molecular weight is 284 g/mol. The molecule has 0 unspecified atom stereocenters. The smallest absolute Gasteiger partial charge is 0.352 e. The van der Waals surface area contributed by atoms with Crippen LogP contribution in [0.2, 0.25) is 0 Å². The Morgan fingerprint density at radius 3 is 2.43 bits per heavy atom. The molecule has 0 bridgehead atoms. The van der Waals surface area contributed by atoms with Crippen LogP contribution in [0.15, 0.2) is 42.6 Å². The number of hydrogen-bond acceptors (Lipinski definition) is 2. The summed E-state index contributed by atoms with van der Waals surface area (Å²) < 4.78 is 1.44. The number of rotatable bonds is 4. The summed E-state index contributed by atoms with van der Waals surface area (Å²) in [7, 11) is 0. The lowest BCUT2D eigenvalue weighted by Crippen LogP contribution is -2.37. The van der Waals surface area contributed by atoms with Gasteiger partial charge in [-0.1, -0.05) is 24.3 Å². The molecule has 1 aromatic heterocycles. The van der Waals surface area contributed by atoms with E-state index in [-0.39, 0.29) is 24.2 Å². The van der Waals surface area contributed by atoms with E-state index < -0.39 is 5.97 Å². The van der Waals surface area contributed by atoms with Gasteiger partial charge in [0, 0.05) is 12.2 Å². The minimum Gasteiger partial charge on any atom is -0.477 e. The molecular weight excluding hydrogens is 268 g/mol. The van der Waals surface area contributed by atoms with E-state index in [0.717, 1.165) is 12.8 Å². The number of amides is 1. The second-order valence-electron chi connectivity index (χ2n) is 5.27. The van der Waals surface area contributed by atoms with Gasteiger partial charge >= 0.3 is 5.97 Å². The Morgan fingerprint density at radius 2 is 1.81 bits per heavy atom. The molecule has 1 aliphatic rings. The average Bonchev–Trinajstić information content (AvgIpc) is 3.03. The summed E-state index contributed by atoms with van der Waals surface area (Å²) >= 11 is 0. The number of benzene rings is 1. The summed E-state index contributed by atoms with van der Waals surface area (Å²) in [6.45, 7) is 0.0292. The highest BCUT2D eigenvalue weighted by Gasteiger charge is 2.22. The van der Waals surface area contributed by atoms with E-state index in [1.54, 1.807) is 12.3 Å². The van der Waals surface area contributed by atoms with Crippen LogP contribution in [0.25, 0.3) is 0 Å². The number of carbonyl (C=O) groups excluding carboxylic acids is 1. The van der Waals surface area contributed by atoms with Gasteiger partial charge in [0.2, 0.25) is 5.91 Å². The van der Waals surface area contributed by atoms with Crippen LogP contribution in [0.5, 0.6) is 0 Å². The Balaban J connectivity index is 1.61. The number of aromatic nitrogens is 1. The van der Waals surface area contributed by atoms with Crippen LogP contribution in [0.3, 0.4) is 0 Å². The van der Waals surface area contributed by atoms with Crippen molar-refractivity contribution >= 4 is 11.9 Å². The second-order valence-corrected chi connectivity index (χ2v) is 5.27. The van der Waals surface area contributed by atoms with Gasteiger partial charge in [-0.3, -0.25) is 4.79 Å². The summed E-state index contributed by atoms with van der Waals surface area (Å²) in [6, 6.07) is 11.4. The van der Waals surface area contributed by atoms with Crippen molar-refractivity contribution in [3.63, 3.8) is 0 Å². The molecule has 108 valence electrons. The predicted molar refractivity (Wildman–Crippen MR) is 77.2 cm³/mol. The third kappa shape index (κ3) is 2.81. The molecule has 21 heavy (non-hydrogen) atoms. The molecule has 0 atom stereocenters. The Labute approximate surface area is 122 Å². The van der Waals surface area contributed by atoms with Crippen LogP contribution in [-0.2, 0) is 24.2 Å². The molecule has 0 fully saturated rings. The molecule has 1 aromatic carbocycles. The van der Waals surface area contributed by atoms with Gasteiger partial charge in [0.25, 0.3) is 0 Å². The Morgan fingerprint density at radius 1 is 1.14 bits per heavy atom. The zero-order valence-electron chi connectivity index (χ0n) is 11.5. The van der Waals surface area contributed by atoms with Crippen molar-refractivity contribution in [1.29, 1.82) is 0 Å². The molecule has 3 rings (SSSR count). The summed E-state index contributed by atoms with van der Waals surface area (Å²) in [5.74, 6) is -1.19. The van der Waals surface area contributed by atoms with Gasteiger partial charge in [-0.25, -0.2) is 4.79 Å². The SMILES string of the molecule is O=C(Cn1cccc1C(=O)O)NC1Cc2ccccc2C1. The highest BCUT2D eigenvalue weighted by Crippen LogP contribution is 2.21. The number of nitrogens with zero attached hydrogens (tertiary/aromatic N) is 1. The lowest BCUT2D eigenvalue weighted by Gasteiger charge is -2.13. The van der Waals surface area contributed by atoms with E-state index in [2.05, 4.69) is 17.4 Å². The van der Waals surface area contributed by atoms with Crippen molar-refractivity contribution in [3.8, 4) is 0 Å². The Hall–Kier alpha value is -2.56. The maximum absolute atomic E-state index is 12.1. The van der Waals surface area contributed by atoms with Crippen LogP contribution in [0.1, 0.15) is 21.6 Å². The van der Waals surface area contributed by atoms with E-state index in [9.17, 15) is 9.59 Å². The topological polar surface area (TPSA) is 71.3 Å². The lowest BCUT2D eigenvalue weighted by molar-refractivity contribution is -0.122. The van der Waals surface area contributed by atoms with Gasteiger partial charge in [-0.2, -0.15) is 0 Å². The number of hydrogen-bond donors (Lipinski definition) is 2. The van der Waals surface area contributed by atoms with Gasteiger partial charge in [-0.15, -0.1) is 0 Å². The first-order valence-electron chi connectivity index (χ1n) is 6.88. The van der Waals surface area contributed by atoms with Crippen molar-refractivity contribution < 1.29 is 14.7 Å². The standard InChI is InChI=1S/C16H16N2O3/c19-15(10-18-7-3-6-14(18)16(20)21)17-13-8-11-4-1-2-5-12(11)9-13/h1-7,13H,8-10H2,(H,17,19)(H,20,21). The van der Waals surface area contributed by atoms with E-state index in [1.165, 1.54) is 21.8 Å². The maximum Gasteiger partial charge on any atom is 0.352 e.